The number of carbonyl (C=O) groups is 1. The molecule has 2 aromatic rings. The molecule has 20 heavy (non-hydrogen) atoms. The van der Waals surface area contributed by atoms with E-state index >= 15 is 0 Å². The highest BCUT2D eigenvalue weighted by molar-refractivity contribution is 7.99. The zero-order valence-corrected chi connectivity index (χ0v) is 11.9. The molecule has 0 radical (unpaired) electrons. The lowest BCUT2D eigenvalue weighted by atomic mass is 10.1. The van der Waals surface area contributed by atoms with Crippen LogP contribution in [0.4, 0.5) is 0 Å². The largest absolute Gasteiger partial charge is 0.337 e. The van der Waals surface area contributed by atoms with E-state index in [9.17, 15) is 4.79 Å². The van der Waals surface area contributed by atoms with Crippen LogP contribution in [0, 0.1) is 0 Å². The smallest absolute Gasteiger partial charge is 0.253 e. The molecule has 0 atom stereocenters. The number of benzene rings is 1. The summed E-state index contributed by atoms with van der Waals surface area (Å²) in [5, 5.41) is 4.07. The van der Waals surface area contributed by atoms with E-state index in [1.54, 1.807) is 11.0 Å². The van der Waals surface area contributed by atoms with Crippen molar-refractivity contribution in [2.75, 3.05) is 24.6 Å². The minimum absolute atomic E-state index is 0.137. The van der Waals surface area contributed by atoms with Crippen molar-refractivity contribution in [3.63, 3.8) is 0 Å². The fourth-order valence-corrected chi connectivity index (χ4v) is 3.11. The van der Waals surface area contributed by atoms with E-state index in [2.05, 4.69) is 10.1 Å². The van der Waals surface area contributed by atoms with Gasteiger partial charge in [-0.05, 0) is 17.7 Å². The van der Waals surface area contributed by atoms with Gasteiger partial charge in [0, 0.05) is 30.2 Å². The van der Waals surface area contributed by atoms with Crippen molar-refractivity contribution in [1.82, 2.24) is 19.7 Å². The first kappa shape index (κ1) is 13.2. The van der Waals surface area contributed by atoms with Gasteiger partial charge in [-0.3, -0.25) is 4.79 Å². The molecule has 1 aromatic heterocycles. The van der Waals surface area contributed by atoms with Crippen molar-refractivity contribution in [2.24, 2.45) is 0 Å². The fourth-order valence-electron chi connectivity index (χ4n) is 2.20. The molecule has 1 aliphatic heterocycles. The van der Waals surface area contributed by atoms with Crippen LogP contribution < -0.4 is 0 Å². The van der Waals surface area contributed by atoms with Gasteiger partial charge >= 0.3 is 0 Å². The number of aromatic nitrogens is 3. The third-order valence-corrected chi connectivity index (χ3v) is 4.25. The van der Waals surface area contributed by atoms with Crippen molar-refractivity contribution < 1.29 is 4.79 Å². The van der Waals surface area contributed by atoms with Gasteiger partial charge < -0.3 is 4.90 Å². The van der Waals surface area contributed by atoms with Crippen molar-refractivity contribution in [2.45, 2.75) is 6.54 Å². The molecule has 1 aliphatic rings. The van der Waals surface area contributed by atoms with E-state index < -0.39 is 0 Å². The second kappa shape index (κ2) is 6.09. The number of hydrogen-bond donors (Lipinski definition) is 0. The van der Waals surface area contributed by atoms with Gasteiger partial charge in [0.1, 0.15) is 12.7 Å². The van der Waals surface area contributed by atoms with Crippen molar-refractivity contribution in [3.8, 4) is 0 Å². The summed E-state index contributed by atoms with van der Waals surface area (Å²) >= 11 is 1.91. The first-order valence-electron chi connectivity index (χ1n) is 6.61. The Kier molecular flexibility index (Phi) is 4.01. The average Bonchev–Trinajstić information content (AvgIpc) is 3.01. The zero-order valence-electron chi connectivity index (χ0n) is 11.1. The molecule has 1 saturated heterocycles. The SMILES string of the molecule is O=C(c1ccc(Cn2cncn2)cc1)N1CCSCC1. The van der Waals surface area contributed by atoms with Crippen LogP contribution in [0.5, 0.6) is 0 Å². The molecule has 104 valence electrons. The molecule has 0 aliphatic carbocycles. The van der Waals surface area contributed by atoms with Crippen LogP contribution in [0.2, 0.25) is 0 Å². The Hall–Kier alpha value is -1.82. The van der Waals surface area contributed by atoms with Gasteiger partial charge in [0.05, 0.1) is 6.54 Å². The molecule has 6 heteroatoms. The number of amides is 1. The Morgan fingerprint density at radius 3 is 2.60 bits per heavy atom. The number of carbonyl (C=O) groups excluding carboxylic acids is 1. The second-order valence-corrected chi connectivity index (χ2v) is 5.92. The summed E-state index contributed by atoms with van der Waals surface area (Å²) in [6.45, 7) is 2.38. The van der Waals surface area contributed by atoms with E-state index in [4.69, 9.17) is 0 Å². The lowest BCUT2D eigenvalue weighted by Crippen LogP contribution is -2.37. The van der Waals surface area contributed by atoms with Crippen LogP contribution in [-0.2, 0) is 6.54 Å². The maximum Gasteiger partial charge on any atom is 0.253 e. The molecule has 5 nitrogen and oxygen atoms in total. The van der Waals surface area contributed by atoms with E-state index in [0.717, 1.165) is 35.7 Å². The van der Waals surface area contributed by atoms with Crippen LogP contribution in [0.25, 0.3) is 0 Å². The molecule has 0 bridgehead atoms. The maximum absolute atomic E-state index is 12.3. The molecule has 0 N–H and O–H groups in total. The molecular weight excluding hydrogens is 272 g/mol. The summed E-state index contributed by atoms with van der Waals surface area (Å²) in [7, 11) is 0. The van der Waals surface area contributed by atoms with Crippen LogP contribution in [0.15, 0.2) is 36.9 Å². The standard InChI is InChI=1S/C14H16N4OS/c19-14(17-5-7-20-8-6-17)13-3-1-12(2-4-13)9-18-11-15-10-16-18/h1-4,10-11H,5-9H2. The predicted octanol–water partition coefficient (Wildman–Crippen LogP) is 1.52. The lowest BCUT2D eigenvalue weighted by molar-refractivity contribution is 0.0772. The van der Waals surface area contributed by atoms with E-state index in [0.29, 0.717) is 6.54 Å². The predicted molar refractivity (Wildman–Crippen MR) is 78.8 cm³/mol. The molecule has 0 spiro atoms. The summed E-state index contributed by atoms with van der Waals surface area (Å²) in [5.41, 5.74) is 1.88. The number of rotatable bonds is 3. The zero-order chi connectivity index (χ0) is 13.8. The Labute approximate surface area is 122 Å². The Morgan fingerprint density at radius 2 is 1.95 bits per heavy atom. The van der Waals surface area contributed by atoms with Crippen LogP contribution in [0.3, 0.4) is 0 Å². The minimum Gasteiger partial charge on any atom is -0.337 e. The fraction of sp³-hybridized carbons (Fsp3) is 0.357. The average molecular weight is 288 g/mol. The summed E-state index contributed by atoms with van der Waals surface area (Å²) in [6, 6.07) is 7.76. The molecule has 1 aromatic carbocycles. The van der Waals surface area contributed by atoms with Crippen LogP contribution in [-0.4, -0.2) is 50.2 Å². The quantitative estimate of drug-likeness (QED) is 0.859. The Morgan fingerprint density at radius 1 is 1.20 bits per heavy atom. The van der Waals surface area contributed by atoms with Gasteiger partial charge in [0.2, 0.25) is 0 Å². The highest BCUT2D eigenvalue weighted by Crippen LogP contribution is 2.14. The Bertz CT molecular complexity index is 561. The second-order valence-electron chi connectivity index (χ2n) is 4.69. The molecule has 3 rings (SSSR count). The summed E-state index contributed by atoms with van der Waals surface area (Å²) < 4.78 is 1.76. The normalized spacial score (nSPS) is 15.3. The summed E-state index contributed by atoms with van der Waals surface area (Å²) in [5.74, 6) is 2.21. The van der Waals surface area contributed by atoms with E-state index in [-0.39, 0.29) is 5.91 Å². The Balaban J connectivity index is 1.67. The van der Waals surface area contributed by atoms with Crippen LogP contribution in [0.1, 0.15) is 15.9 Å². The van der Waals surface area contributed by atoms with Gasteiger partial charge in [0.15, 0.2) is 0 Å². The van der Waals surface area contributed by atoms with Gasteiger partial charge in [0.25, 0.3) is 5.91 Å². The van der Waals surface area contributed by atoms with Crippen molar-refractivity contribution in [1.29, 1.82) is 0 Å². The molecule has 0 saturated carbocycles. The van der Waals surface area contributed by atoms with Crippen LogP contribution >= 0.6 is 11.8 Å². The molecule has 0 unspecified atom stereocenters. The van der Waals surface area contributed by atoms with E-state index in [1.165, 1.54) is 6.33 Å². The van der Waals surface area contributed by atoms with Crippen molar-refractivity contribution in [3.05, 3.63) is 48.0 Å². The highest BCUT2D eigenvalue weighted by atomic mass is 32.2. The first-order valence-corrected chi connectivity index (χ1v) is 7.77. The molecular formula is C14H16N4OS. The van der Waals surface area contributed by atoms with Gasteiger partial charge in [-0.1, -0.05) is 12.1 Å². The summed E-state index contributed by atoms with van der Waals surface area (Å²) in [4.78, 5) is 18.2. The monoisotopic (exact) mass is 288 g/mol. The van der Waals surface area contributed by atoms with E-state index in [1.807, 2.05) is 40.9 Å². The van der Waals surface area contributed by atoms with Gasteiger partial charge in [-0.15, -0.1) is 0 Å². The molecule has 2 heterocycles. The minimum atomic E-state index is 0.137. The van der Waals surface area contributed by atoms with Gasteiger partial charge in [-0.2, -0.15) is 16.9 Å². The maximum atomic E-state index is 12.3. The lowest BCUT2D eigenvalue weighted by Gasteiger charge is -2.26. The summed E-state index contributed by atoms with van der Waals surface area (Å²) in [6.07, 6.45) is 3.21. The highest BCUT2D eigenvalue weighted by Gasteiger charge is 2.17. The first-order chi connectivity index (χ1) is 9.83. The number of thioether (sulfide) groups is 1. The third-order valence-electron chi connectivity index (χ3n) is 3.31. The van der Waals surface area contributed by atoms with Gasteiger partial charge in [-0.25, -0.2) is 9.67 Å². The number of hydrogen-bond acceptors (Lipinski definition) is 4. The topological polar surface area (TPSA) is 51.0 Å². The molecule has 1 fully saturated rings. The third kappa shape index (κ3) is 3.01. The van der Waals surface area contributed by atoms with Crippen molar-refractivity contribution >= 4 is 17.7 Å². The number of nitrogens with zero attached hydrogens (tertiary/aromatic N) is 4. The molecule has 1 amide bonds.